The molecular formula is C16H22N2O3. The molecule has 1 unspecified atom stereocenters. The third-order valence-corrected chi connectivity index (χ3v) is 4.12. The lowest BCUT2D eigenvalue weighted by Gasteiger charge is -2.38. The number of aromatic carboxylic acids is 1. The fraction of sp³-hybridized carbons (Fsp3) is 0.500. The normalized spacial score (nSPS) is 20.8. The number of amides is 1. The number of hydrogen-bond acceptors (Lipinski definition) is 3. The van der Waals surface area contributed by atoms with Crippen molar-refractivity contribution in [3.8, 4) is 0 Å². The minimum absolute atomic E-state index is 0.0640. The molecule has 0 aliphatic carbocycles. The summed E-state index contributed by atoms with van der Waals surface area (Å²) in [6.45, 7) is 6.81. The van der Waals surface area contributed by atoms with E-state index in [9.17, 15) is 9.59 Å². The molecule has 0 bridgehead atoms. The van der Waals surface area contributed by atoms with Crippen molar-refractivity contribution in [2.24, 2.45) is 5.41 Å². The van der Waals surface area contributed by atoms with Crippen molar-refractivity contribution in [3.63, 3.8) is 0 Å². The van der Waals surface area contributed by atoms with E-state index in [0.29, 0.717) is 5.69 Å². The maximum absolute atomic E-state index is 12.5. The Bertz CT molecular complexity index is 567. The van der Waals surface area contributed by atoms with Gasteiger partial charge >= 0.3 is 5.97 Å². The van der Waals surface area contributed by atoms with E-state index in [0.717, 1.165) is 24.9 Å². The number of nitrogens with one attached hydrogen (secondary N) is 2. The zero-order chi connectivity index (χ0) is 15.6. The molecule has 1 amide bonds. The summed E-state index contributed by atoms with van der Waals surface area (Å²) in [4.78, 5) is 23.4. The molecule has 0 spiro atoms. The summed E-state index contributed by atoms with van der Waals surface area (Å²) >= 11 is 0. The molecule has 1 saturated heterocycles. The Kier molecular flexibility index (Phi) is 4.32. The Balaban J connectivity index is 2.14. The number of rotatable bonds is 3. The smallest absolute Gasteiger partial charge is 0.335 e. The van der Waals surface area contributed by atoms with Crippen molar-refractivity contribution in [1.29, 1.82) is 0 Å². The highest BCUT2D eigenvalue weighted by Gasteiger charge is 2.37. The number of benzene rings is 1. The summed E-state index contributed by atoms with van der Waals surface area (Å²) in [5.41, 5.74) is 1.55. The largest absolute Gasteiger partial charge is 0.478 e. The minimum atomic E-state index is -0.967. The fourth-order valence-corrected chi connectivity index (χ4v) is 2.80. The van der Waals surface area contributed by atoms with Gasteiger partial charge in [-0.1, -0.05) is 13.8 Å². The predicted molar refractivity (Wildman–Crippen MR) is 81.6 cm³/mol. The molecule has 1 aliphatic heterocycles. The van der Waals surface area contributed by atoms with Gasteiger partial charge in [0.25, 0.3) is 0 Å². The van der Waals surface area contributed by atoms with Crippen LogP contribution < -0.4 is 10.6 Å². The van der Waals surface area contributed by atoms with Gasteiger partial charge in [-0.2, -0.15) is 0 Å². The Labute approximate surface area is 124 Å². The summed E-state index contributed by atoms with van der Waals surface area (Å²) in [6.07, 6.45) is 2.08. The van der Waals surface area contributed by atoms with Crippen molar-refractivity contribution in [1.82, 2.24) is 5.32 Å². The monoisotopic (exact) mass is 290 g/mol. The van der Waals surface area contributed by atoms with Crippen LogP contribution in [0, 0.1) is 12.3 Å². The van der Waals surface area contributed by atoms with Gasteiger partial charge in [0, 0.05) is 5.69 Å². The van der Waals surface area contributed by atoms with E-state index in [1.807, 2.05) is 0 Å². The highest BCUT2D eigenvalue weighted by Crippen LogP contribution is 2.31. The van der Waals surface area contributed by atoms with Crippen molar-refractivity contribution >= 4 is 17.6 Å². The lowest BCUT2D eigenvalue weighted by Crippen LogP contribution is -2.53. The number of anilines is 1. The van der Waals surface area contributed by atoms with Gasteiger partial charge in [0.2, 0.25) is 5.91 Å². The first-order chi connectivity index (χ1) is 9.81. The third kappa shape index (κ3) is 3.42. The van der Waals surface area contributed by atoms with E-state index in [1.165, 1.54) is 6.07 Å². The van der Waals surface area contributed by atoms with E-state index in [1.54, 1.807) is 19.1 Å². The van der Waals surface area contributed by atoms with Crippen LogP contribution in [0.15, 0.2) is 18.2 Å². The predicted octanol–water partition coefficient (Wildman–Crippen LogP) is 2.41. The van der Waals surface area contributed by atoms with Gasteiger partial charge in [0.15, 0.2) is 0 Å². The summed E-state index contributed by atoms with van der Waals surface area (Å²) < 4.78 is 0. The minimum Gasteiger partial charge on any atom is -0.478 e. The second kappa shape index (κ2) is 5.85. The molecule has 3 N–H and O–H groups in total. The van der Waals surface area contributed by atoms with Crippen molar-refractivity contribution < 1.29 is 14.7 Å². The van der Waals surface area contributed by atoms with Crippen LogP contribution in [0.5, 0.6) is 0 Å². The van der Waals surface area contributed by atoms with Gasteiger partial charge in [-0.3, -0.25) is 4.79 Å². The average Bonchev–Trinajstić information content (AvgIpc) is 2.40. The van der Waals surface area contributed by atoms with Crippen molar-refractivity contribution in [2.45, 2.75) is 39.7 Å². The quantitative estimate of drug-likeness (QED) is 0.799. The SMILES string of the molecule is Cc1cc(C(=O)O)ccc1NC(=O)C1NCCCC1(C)C. The van der Waals surface area contributed by atoms with Crippen LogP contribution in [0.3, 0.4) is 0 Å². The first-order valence-corrected chi connectivity index (χ1v) is 7.19. The molecule has 1 aliphatic rings. The third-order valence-electron chi connectivity index (χ3n) is 4.12. The lowest BCUT2D eigenvalue weighted by atomic mass is 9.77. The molecule has 0 saturated carbocycles. The lowest BCUT2D eigenvalue weighted by molar-refractivity contribution is -0.121. The van der Waals surface area contributed by atoms with E-state index in [2.05, 4.69) is 24.5 Å². The molecule has 1 atom stereocenters. The first-order valence-electron chi connectivity index (χ1n) is 7.19. The van der Waals surface area contributed by atoms with Crippen LogP contribution >= 0.6 is 0 Å². The van der Waals surface area contributed by atoms with E-state index in [4.69, 9.17) is 5.11 Å². The standard InChI is InChI=1S/C16H22N2O3/c1-10-9-11(15(20)21)5-6-12(10)18-14(19)13-16(2,3)7-4-8-17-13/h5-6,9,13,17H,4,7-8H2,1-3H3,(H,18,19)(H,20,21). The molecule has 1 aromatic rings. The number of hydrogen-bond donors (Lipinski definition) is 3. The highest BCUT2D eigenvalue weighted by atomic mass is 16.4. The number of aryl methyl sites for hydroxylation is 1. The van der Waals surface area contributed by atoms with Crippen LogP contribution in [0.2, 0.25) is 0 Å². The molecule has 1 heterocycles. The van der Waals surface area contributed by atoms with Gasteiger partial charge in [-0.05, 0) is 55.5 Å². The number of piperidine rings is 1. The summed E-state index contributed by atoms with van der Waals surface area (Å²) in [5.74, 6) is -1.03. The maximum atomic E-state index is 12.5. The molecular weight excluding hydrogens is 268 g/mol. The molecule has 1 aromatic carbocycles. The number of carbonyl (C=O) groups is 2. The number of carboxylic acids is 1. The van der Waals surface area contributed by atoms with Crippen LogP contribution in [0.25, 0.3) is 0 Å². The van der Waals surface area contributed by atoms with E-state index >= 15 is 0 Å². The zero-order valence-electron chi connectivity index (χ0n) is 12.7. The van der Waals surface area contributed by atoms with Gasteiger partial charge in [-0.15, -0.1) is 0 Å². The van der Waals surface area contributed by atoms with Crippen LogP contribution in [-0.4, -0.2) is 29.6 Å². The van der Waals surface area contributed by atoms with Gasteiger partial charge in [-0.25, -0.2) is 4.79 Å². The Morgan fingerprint density at radius 3 is 2.67 bits per heavy atom. The van der Waals surface area contributed by atoms with Crippen LogP contribution in [0.4, 0.5) is 5.69 Å². The Morgan fingerprint density at radius 1 is 1.38 bits per heavy atom. The second-order valence-electron chi connectivity index (χ2n) is 6.30. The molecule has 21 heavy (non-hydrogen) atoms. The summed E-state index contributed by atoms with van der Waals surface area (Å²) in [7, 11) is 0. The molecule has 5 nitrogen and oxygen atoms in total. The summed E-state index contributed by atoms with van der Waals surface area (Å²) in [6, 6.07) is 4.48. The number of carboxylic acid groups (broad SMARTS) is 1. The molecule has 0 aromatic heterocycles. The molecule has 114 valence electrons. The topological polar surface area (TPSA) is 78.4 Å². The first kappa shape index (κ1) is 15.5. The van der Waals surface area contributed by atoms with Gasteiger partial charge in [0.05, 0.1) is 11.6 Å². The van der Waals surface area contributed by atoms with Crippen molar-refractivity contribution in [2.75, 3.05) is 11.9 Å². The van der Waals surface area contributed by atoms with Gasteiger partial charge in [0.1, 0.15) is 0 Å². The van der Waals surface area contributed by atoms with Gasteiger partial charge < -0.3 is 15.7 Å². The Morgan fingerprint density at radius 2 is 2.10 bits per heavy atom. The van der Waals surface area contributed by atoms with Crippen LogP contribution in [-0.2, 0) is 4.79 Å². The maximum Gasteiger partial charge on any atom is 0.335 e. The molecule has 1 fully saturated rings. The second-order valence-corrected chi connectivity index (χ2v) is 6.30. The summed E-state index contributed by atoms with van der Waals surface area (Å²) in [5, 5.41) is 15.1. The molecule has 2 rings (SSSR count). The zero-order valence-corrected chi connectivity index (χ0v) is 12.7. The van der Waals surface area contributed by atoms with E-state index in [-0.39, 0.29) is 22.9 Å². The molecule has 5 heteroatoms. The number of carbonyl (C=O) groups excluding carboxylic acids is 1. The van der Waals surface area contributed by atoms with Crippen LogP contribution in [0.1, 0.15) is 42.6 Å². The molecule has 0 radical (unpaired) electrons. The average molecular weight is 290 g/mol. The van der Waals surface area contributed by atoms with Crippen molar-refractivity contribution in [3.05, 3.63) is 29.3 Å². The Hall–Kier alpha value is -1.88. The highest BCUT2D eigenvalue weighted by molar-refractivity contribution is 5.97. The fourth-order valence-electron chi connectivity index (χ4n) is 2.80. The van der Waals surface area contributed by atoms with E-state index < -0.39 is 5.97 Å².